The number of amides is 1. The molecule has 0 aromatic carbocycles. The van der Waals surface area contributed by atoms with Crippen LogP contribution >= 0.6 is 0 Å². The zero-order valence-electron chi connectivity index (χ0n) is 11.4. The number of nitrogens with zero attached hydrogens (tertiary/aromatic N) is 1. The van der Waals surface area contributed by atoms with Gasteiger partial charge in [-0.1, -0.05) is 0 Å². The molecule has 0 fully saturated rings. The lowest BCUT2D eigenvalue weighted by molar-refractivity contribution is -0.192. The Morgan fingerprint density at radius 1 is 1.33 bits per heavy atom. The fourth-order valence-corrected chi connectivity index (χ4v) is 0.779. The van der Waals surface area contributed by atoms with Crippen molar-refractivity contribution < 1.29 is 32.6 Å². The molecule has 0 saturated heterocycles. The van der Waals surface area contributed by atoms with Crippen molar-refractivity contribution >= 4 is 18.0 Å². The smallest absolute Gasteiger partial charge is 0.475 e. The van der Waals surface area contributed by atoms with E-state index in [1.54, 1.807) is 6.92 Å². The minimum Gasteiger partial charge on any atom is -0.475 e. The summed E-state index contributed by atoms with van der Waals surface area (Å²) in [5.74, 6) is -2.67. The molecular formula is C10H19F3N4O4. The van der Waals surface area contributed by atoms with Gasteiger partial charge in [-0.15, -0.1) is 4.99 Å². The van der Waals surface area contributed by atoms with Crippen LogP contribution in [0, 0.1) is 0 Å². The van der Waals surface area contributed by atoms with E-state index in [9.17, 15) is 18.0 Å². The maximum absolute atomic E-state index is 10.8. The quantitative estimate of drug-likeness (QED) is 0.327. The molecule has 0 spiro atoms. The Bertz CT molecular complexity index is 348. The summed E-state index contributed by atoms with van der Waals surface area (Å²) in [6.07, 6.45) is -3.94. The number of aliphatic imine (C=N–C) groups is 1. The molecule has 1 amide bonds. The van der Waals surface area contributed by atoms with Crippen LogP contribution in [0.25, 0.3) is 0 Å². The lowest BCUT2D eigenvalue weighted by Crippen LogP contribution is -2.33. The molecule has 0 heterocycles. The second-order valence-corrected chi connectivity index (χ2v) is 3.42. The predicted molar refractivity (Wildman–Crippen MR) is 68.6 cm³/mol. The van der Waals surface area contributed by atoms with Gasteiger partial charge in [0.05, 0.1) is 6.61 Å². The van der Waals surface area contributed by atoms with E-state index in [0.717, 1.165) is 12.8 Å². The SMILES string of the molecule is CCOC(=O)/N=C(/N)NCCCCN.O=C(O)C(F)(F)F. The molecule has 11 heteroatoms. The van der Waals surface area contributed by atoms with Crippen molar-refractivity contribution in [1.82, 2.24) is 5.32 Å². The number of hydrogen-bond donors (Lipinski definition) is 4. The maximum Gasteiger partial charge on any atom is 0.490 e. The largest absolute Gasteiger partial charge is 0.490 e. The lowest BCUT2D eigenvalue weighted by atomic mass is 10.3. The van der Waals surface area contributed by atoms with Gasteiger partial charge in [0, 0.05) is 6.54 Å². The maximum atomic E-state index is 10.8. The van der Waals surface area contributed by atoms with Crippen LogP contribution < -0.4 is 16.8 Å². The second-order valence-electron chi connectivity index (χ2n) is 3.42. The summed E-state index contributed by atoms with van der Waals surface area (Å²) < 4.78 is 36.3. The minimum atomic E-state index is -5.08. The highest BCUT2D eigenvalue weighted by Gasteiger charge is 2.38. The summed E-state index contributed by atoms with van der Waals surface area (Å²) in [6, 6.07) is 0. The first kappa shape index (κ1) is 21.3. The number of carboxylic acid groups (broad SMARTS) is 1. The number of ether oxygens (including phenoxy) is 1. The van der Waals surface area contributed by atoms with Crippen LogP contribution in [0.15, 0.2) is 4.99 Å². The van der Waals surface area contributed by atoms with Crippen LogP contribution in [0.3, 0.4) is 0 Å². The molecule has 0 aliphatic rings. The molecule has 0 aromatic heterocycles. The topological polar surface area (TPSA) is 140 Å². The summed E-state index contributed by atoms with van der Waals surface area (Å²) in [4.78, 5) is 23.1. The normalized spacial score (nSPS) is 11.2. The number of aliphatic carboxylic acids is 1. The molecule has 124 valence electrons. The van der Waals surface area contributed by atoms with Gasteiger partial charge in [-0.25, -0.2) is 9.59 Å². The fraction of sp³-hybridized carbons (Fsp3) is 0.700. The molecule has 0 unspecified atom stereocenters. The van der Waals surface area contributed by atoms with Crippen molar-refractivity contribution in [2.24, 2.45) is 16.5 Å². The third-order valence-corrected chi connectivity index (χ3v) is 1.66. The summed E-state index contributed by atoms with van der Waals surface area (Å²) in [7, 11) is 0. The monoisotopic (exact) mass is 316 g/mol. The Morgan fingerprint density at radius 2 is 1.86 bits per heavy atom. The van der Waals surface area contributed by atoms with Gasteiger partial charge in [0.1, 0.15) is 0 Å². The van der Waals surface area contributed by atoms with Crippen molar-refractivity contribution in [2.75, 3.05) is 19.7 Å². The zero-order valence-corrected chi connectivity index (χ0v) is 11.4. The standard InChI is InChI=1S/C8H18N4O2.C2HF3O2/c1-2-14-8(13)12-7(10)11-6-4-3-5-9;3-2(4,5)1(6)7/h2-6,9H2,1H3,(H3,10,11,12,13);(H,6,7). The van der Waals surface area contributed by atoms with Crippen molar-refractivity contribution in [1.29, 1.82) is 0 Å². The number of halogens is 3. The Hall–Kier alpha value is -2.04. The highest BCUT2D eigenvalue weighted by molar-refractivity contribution is 5.88. The van der Waals surface area contributed by atoms with E-state index in [1.807, 2.05) is 0 Å². The van der Waals surface area contributed by atoms with E-state index in [1.165, 1.54) is 0 Å². The van der Waals surface area contributed by atoms with Crippen LogP contribution in [-0.4, -0.2) is 49.0 Å². The number of nitrogens with one attached hydrogen (secondary N) is 1. The Balaban J connectivity index is 0. The van der Waals surface area contributed by atoms with Gasteiger partial charge in [-0.3, -0.25) is 0 Å². The highest BCUT2D eigenvalue weighted by atomic mass is 19.4. The van der Waals surface area contributed by atoms with E-state index in [-0.39, 0.29) is 5.96 Å². The number of carbonyl (C=O) groups excluding carboxylic acids is 1. The number of guanidine groups is 1. The molecule has 0 aliphatic heterocycles. The Labute approximate surface area is 119 Å². The average Bonchev–Trinajstić information content (AvgIpc) is 2.34. The lowest BCUT2D eigenvalue weighted by Gasteiger charge is -2.03. The minimum absolute atomic E-state index is 0.0838. The Morgan fingerprint density at radius 3 is 2.24 bits per heavy atom. The van der Waals surface area contributed by atoms with Gasteiger partial charge in [0.15, 0.2) is 5.96 Å². The van der Waals surface area contributed by atoms with E-state index >= 15 is 0 Å². The number of alkyl halides is 3. The van der Waals surface area contributed by atoms with E-state index in [2.05, 4.69) is 15.0 Å². The zero-order chi connectivity index (χ0) is 16.9. The number of hydrogen-bond acceptors (Lipinski definition) is 4. The first-order chi connectivity index (χ1) is 9.65. The Kier molecular flexibility index (Phi) is 11.9. The van der Waals surface area contributed by atoms with Gasteiger partial charge < -0.3 is 26.6 Å². The van der Waals surface area contributed by atoms with Gasteiger partial charge in [0.2, 0.25) is 0 Å². The van der Waals surface area contributed by atoms with E-state index < -0.39 is 18.2 Å². The fourth-order valence-electron chi connectivity index (χ4n) is 0.779. The van der Waals surface area contributed by atoms with Crippen LogP contribution in [-0.2, 0) is 9.53 Å². The van der Waals surface area contributed by atoms with E-state index in [0.29, 0.717) is 19.7 Å². The third-order valence-electron chi connectivity index (χ3n) is 1.66. The van der Waals surface area contributed by atoms with Crippen LogP contribution in [0.5, 0.6) is 0 Å². The third kappa shape index (κ3) is 15.9. The molecular weight excluding hydrogens is 297 g/mol. The van der Waals surface area contributed by atoms with E-state index in [4.69, 9.17) is 21.4 Å². The van der Waals surface area contributed by atoms with Crippen molar-refractivity contribution in [3.63, 3.8) is 0 Å². The molecule has 6 N–H and O–H groups in total. The first-order valence-corrected chi connectivity index (χ1v) is 5.90. The van der Waals surface area contributed by atoms with Gasteiger partial charge in [-0.05, 0) is 26.3 Å². The number of nitrogens with two attached hydrogens (primary N) is 2. The molecule has 0 aromatic rings. The molecule has 0 atom stereocenters. The number of carbonyl (C=O) groups is 2. The number of rotatable bonds is 5. The van der Waals surface area contributed by atoms with Gasteiger partial charge in [0.25, 0.3) is 0 Å². The van der Waals surface area contributed by atoms with Crippen LogP contribution in [0.1, 0.15) is 19.8 Å². The number of carboxylic acids is 1. The van der Waals surface area contributed by atoms with Crippen molar-refractivity contribution in [2.45, 2.75) is 25.9 Å². The molecule has 0 radical (unpaired) electrons. The molecule has 21 heavy (non-hydrogen) atoms. The average molecular weight is 316 g/mol. The van der Waals surface area contributed by atoms with Gasteiger partial charge >= 0.3 is 18.2 Å². The predicted octanol–water partition coefficient (Wildman–Crippen LogP) is 0.419. The summed E-state index contributed by atoms with van der Waals surface area (Å²) in [5, 5.41) is 9.90. The molecule has 0 saturated carbocycles. The van der Waals surface area contributed by atoms with Crippen LogP contribution in [0.4, 0.5) is 18.0 Å². The van der Waals surface area contributed by atoms with Crippen molar-refractivity contribution in [3.8, 4) is 0 Å². The highest BCUT2D eigenvalue weighted by Crippen LogP contribution is 2.13. The molecule has 0 aliphatic carbocycles. The van der Waals surface area contributed by atoms with Gasteiger partial charge in [-0.2, -0.15) is 13.2 Å². The first-order valence-electron chi connectivity index (χ1n) is 5.90. The second kappa shape index (κ2) is 11.8. The molecule has 0 bridgehead atoms. The number of unbranched alkanes of at least 4 members (excludes halogenated alkanes) is 1. The summed E-state index contributed by atoms with van der Waals surface area (Å²) in [6.45, 7) is 3.31. The molecule has 0 rings (SSSR count). The summed E-state index contributed by atoms with van der Waals surface area (Å²) in [5.41, 5.74) is 10.7. The van der Waals surface area contributed by atoms with Crippen LogP contribution in [0.2, 0.25) is 0 Å². The van der Waals surface area contributed by atoms with Crippen molar-refractivity contribution in [3.05, 3.63) is 0 Å². The molecule has 8 nitrogen and oxygen atoms in total. The summed E-state index contributed by atoms with van der Waals surface area (Å²) >= 11 is 0.